The lowest BCUT2D eigenvalue weighted by atomic mass is 9.93. The summed E-state index contributed by atoms with van der Waals surface area (Å²) < 4.78 is 0. The first-order valence-electron chi connectivity index (χ1n) is 4.88. The van der Waals surface area contributed by atoms with Crippen molar-refractivity contribution >= 4 is 5.91 Å². The second-order valence-corrected chi connectivity index (χ2v) is 4.80. The number of hydrogen-bond acceptors (Lipinski definition) is 2. The van der Waals surface area contributed by atoms with Crippen molar-refractivity contribution in [2.45, 2.75) is 39.7 Å². The Morgan fingerprint density at radius 3 is 2.54 bits per heavy atom. The van der Waals surface area contributed by atoms with Crippen molar-refractivity contribution in [2.24, 2.45) is 5.41 Å². The van der Waals surface area contributed by atoms with E-state index >= 15 is 0 Å². The zero-order chi connectivity index (χ0) is 10.1. The van der Waals surface area contributed by atoms with Crippen LogP contribution in [0.4, 0.5) is 0 Å². The fraction of sp³-hybridized carbons (Fsp3) is 0.900. The number of aliphatic hydroxyl groups is 1. The van der Waals surface area contributed by atoms with Gasteiger partial charge in [0.1, 0.15) is 0 Å². The number of rotatable bonds is 0. The SMILES string of the molecule is CC(C)(C)C(=O)N1CCC[C@H](O)C1. The standard InChI is InChI=1S/C10H19NO2/c1-10(2,3)9(13)11-6-4-5-8(12)7-11/h8,12H,4-7H2,1-3H3/t8-/m0/s1. The second-order valence-electron chi connectivity index (χ2n) is 4.80. The van der Waals surface area contributed by atoms with Crippen molar-refractivity contribution in [3.05, 3.63) is 0 Å². The van der Waals surface area contributed by atoms with Crippen molar-refractivity contribution in [1.82, 2.24) is 4.90 Å². The normalized spacial score (nSPS) is 24.6. The third kappa shape index (κ3) is 2.69. The van der Waals surface area contributed by atoms with Crippen molar-refractivity contribution in [1.29, 1.82) is 0 Å². The molecule has 76 valence electrons. The summed E-state index contributed by atoms with van der Waals surface area (Å²) in [6, 6.07) is 0. The highest BCUT2D eigenvalue weighted by Gasteiger charge is 2.30. The van der Waals surface area contributed by atoms with Gasteiger partial charge in [-0.05, 0) is 12.8 Å². The molecule has 1 atom stereocenters. The molecule has 1 aliphatic heterocycles. The first-order valence-corrected chi connectivity index (χ1v) is 4.88. The zero-order valence-corrected chi connectivity index (χ0v) is 8.71. The Kier molecular flexibility index (Phi) is 2.96. The minimum absolute atomic E-state index is 0.145. The summed E-state index contributed by atoms with van der Waals surface area (Å²) in [5.74, 6) is 0.145. The molecule has 0 saturated carbocycles. The molecule has 0 bridgehead atoms. The van der Waals surface area contributed by atoms with Crippen LogP contribution in [-0.4, -0.2) is 35.1 Å². The summed E-state index contributed by atoms with van der Waals surface area (Å²) in [6.45, 7) is 7.05. The van der Waals surface area contributed by atoms with Crippen LogP contribution in [-0.2, 0) is 4.79 Å². The number of carbonyl (C=O) groups excluding carboxylic acids is 1. The molecule has 0 unspecified atom stereocenters. The number of carbonyl (C=O) groups is 1. The van der Waals surface area contributed by atoms with E-state index in [2.05, 4.69) is 0 Å². The monoisotopic (exact) mass is 185 g/mol. The van der Waals surface area contributed by atoms with Crippen molar-refractivity contribution < 1.29 is 9.90 Å². The zero-order valence-electron chi connectivity index (χ0n) is 8.71. The number of likely N-dealkylation sites (tertiary alicyclic amines) is 1. The molecule has 1 aliphatic rings. The van der Waals surface area contributed by atoms with Crippen molar-refractivity contribution in [3.63, 3.8) is 0 Å². The Morgan fingerprint density at radius 1 is 1.46 bits per heavy atom. The van der Waals surface area contributed by atoms with E-state index in [4.69, 9.17) is 0 Å². The molecule has 1 N–H and O–H groups in total. The average Bonchev–Trinajstić information content (AvgIpc) is 2.01. The topological polar surface area (TPSA) is 40.5 Å². The minimum Gasteiger partial charge on any atom is -0.391 e. The smallest absolute Gasteiger partial charge is 0.228 e. The summed E-state index contributed by atoms with van der Waals surface area (Å²) in [4.78, 5) is 13.6. The van der Waals surface area contributed by atoms with Gasteiger partial charge < -0.3 is 10.0 Å². The van der Waals surface area contributed by atoms with E-state index in [0.29, 0.717) is 6.54 Å². The molecular weight excluding hydrogens is 166 g/mol. The Hall–Kier alpha value is -0.570. The summed E-state index contributed by atoms with van der Waals surface area (Å²) >= 11 is 0. The van der Waals surface area contributed by atoms with E-state index in [1.165, 1.54) is 0 Å². The van der Waals surface area contributed by atoms with E-state index in [1.54, 1.807) is 4.90 Å². The van der Waals surface area contributed by atoms with E-state index < -0.39 is 0 Å². The molecular formula is C10H19NO2. The van der Waals surface area contributed by atoms with Gasteiger partial charge in [0.25, 0.3) is 0 Å². The van der Waals surface area contributed by atoms with Gasteiger partial charge in [-0.25, -0.2) is 0 Å². The number of amides is 1. The molecule has 1 amide bonds. The van der Waals surface area contributed by atoms with Gasteiger partial charge in [-0.1, -0.05) is 20.8 Å². The van der Waals surface area contributed by atoms with Gasteiger partial charge >= 0.3 is 0 Å². The van der Waals surface area contributed by atoms with Crippen LogP contribution in [0.15, 0.2) is 0 Å². The van der Waals surface area contributed by atoms with Crippen LogP contribution in [0.5, 0.6) is 0 Å². The Morgan fingerprint density at radius 2 is 2.08 bits per heavy atom. The van der Waals surface area contributed by atoms with Crippen LogP contribution >= 0.6 is 0 Å². The third-order valence-electron chi connectivity index (χ3n) is 2.33. The summed E-state index contributed by atoms with van der Waals surface area (Å²) in [5, 5.41) is 9.40. The number of nitrogens with zero attached hydrogens (tertiary/aromatic N) is 1. The van der Waals surface area contributed by atoms with Gasteiger partial charge in [-0.15, -0.1) is 0 Å². The molecule has 3 nitrogen and oxygen atoms in total. The first kappa shape index (κ1) is 10.5. The summed E-state index contributed by atoms with van der Waals surface area (Å²) in [6.07, 6.45) is 1.43. The van der Waals surface area contributed by atoms with Crippen LogP contribution in [0.3, 0.4) is 0 Å². The number of β-amino-alcohol motifs (C(OH)–C–C–N with tert-alkyl or cyclic N) is 1. The first-order chi connectivity index (χ1) is 5.91. The average molecular weight is 185 g/mol. The fourth-order valence-corrected chi connectivity index (χ4v) is 1.61. The van der Waals surface area contributed by atoms with E-state index in [0.717, 1.165) is 19.4 Å². The molecule has 0 aromatic heterocycles. The van der Waals surface area contributed by atoms with Crippen molar-refractivity contribution in [2.75, 3.05) is 13.1 Å². The van der Waals surface area contributed by atoms with Crippen LogP contribution in [0.2, 0.25) is 0 Å². The van der Waals surface area contributed by atoms with Crippen LogP contribution in [0, 0.1) is 5.41 Å². The minimum atomic E-state index is -0.322. The largest absolute Gasteiger partial charge is 0.391 e. The molecule has 1 heterocycles. The lowest BCUT2D eigenvalue weighted by Gasteiger charge is -2.34. The molecule has 0 aliphatic carbocycles. The molecule has 0 aromatic rings. The Labute approximate surface area is 79.7 Å². The van der Waals surface area contributed by atoms with Gasteiger partial charge in [-0.2, -0.15) is 0 Å². The molecule has 0 spiro atoms. The third-order valence-corrected chi connectivity index (χ3v) is 2.33. The fourth-order valence-electron chi connectivity index (χ4n) is 1.61. The maximum atomic E-state index is 11.8. The molecule has 3 heteroatoms. The summed E-state index contributed by atoms with van der Waals surface area (Å²) in [7, 11) is 0. The Balaban J connectivity index is 2.56. The number of hydrogen-bond donors (Lipinski definition) is 1. The highest BCUT2D eigenvalue weighted by Crippen LogP contribution is 2.20. The predicted molar refractivity (Wildman–Crippen MR) is 51.3 cm³/mol. The molecule has 0 aromatic carbocycles. The summed E-state index contributed by atoms with van der Waals surface area (Å²) in [5.41, 5.74) is -0.322. The predicted octanol–water partition coefficient (Wildman–Crippen LogP) is 1.02. The number of aliphatic hydroxyl groups excluding tert-OH is 1. The highest BCUT2D eigenvalue weighted by molar-refractivity contribution is 5.81. The van der Waals surface area contributed by atoms with Gasteiger partial charge in [0.15, 0.2) is 0 Å². The van der Waals surface area contributed by atoms with Crippen molar-refractivity contribution in [3.8, 4) is 0 Å². The van der Waals surface area contributed by atoms with Gasteiger partial charge in [0, 0.05) is 18.5 Å². The van der Waals surface area contributed by atoms with Crippen LogP contribution < -0.4 is 0 Å². The van der Waals surface area contributed by atoms with E-state index in [-0.39, 0.29) is 17.4 Å². The lowest BCUT2D eigenvalue weighted by molar-refractivity contribution is -0.142. The molecule has 0 radical (unpaired) electrons. The van der Waals surface area contributed by atoms with Crippen LogP contribution in [0.25, 0.3) is 0 Å². The van der Waals surface area contributed by atoms with Gasteiger partial charge in [0.05, 0.1) is 6.10 Å². The molecule has 1 rings (SSSR count). The van der Waals surface area contributed by atoms with Gasteiger partial charge in [-0.3, -0.25) is 4.79 Å². The second kappa shape index (κ2) is 3.66. The maximum Gasteiger partial charge on any atom is 0.228 e. The van der Waals surface area contributed by atoms with E-state index in [1.807, 2.05) is 20.8 Å². The van der Waals surface area contributed by atoms with Crippen LogP contribution in [0.1, 0.15) is 33.6 Å². The molecule has 1 fully saturated rings. The molecule has 13 heavy (non-hydrogen) atoms. The Bertz CT molecular complexity index is 196. The van der Waals surface area contributed by atoms with E-state index in [9.17, 15) is 9.90 Å². The highest BCUT2D eigenvalue weighted by atomic mass is 16.3. The maximum absolute atomic E-state index is 11.8. The lowest BCUT2D eigenvalue weighted by Crippen LogP contribution is -2.46. The number of piperidine rings is 1. The molecule has 1 saturated heterocycles. The quantitative estimate of drug-likeness (QED) is 0.612. The van der Waals surface area contributed by atoms with Gasteiger partial charge in [0.2, 0.25) is 5.91 Å².